The van der Waals surface area contributed by atoms with Gasteiger partial charge >= 0.3 is 5.97 Å². The van der Waals surface area contributed by atoms with Crippen molar-refractivity contribution in [2.24, 2.45) is 0 Å². The van der Waals surface area contributed by atoms with Crippen LogP contribution in [0.2, 0.25) is 0 Å². The van der Waals surface area contributed by atoms with E-state index in [4.69, 9.17) is 14.2 Å². The highest BCUT2D eigenvalue weighted by Crippen LogP contribution is 2.28. The third-order valence-corrected chi connectivity index (χ3v) is 5.99. The van der Waals surface area contributed by atoms with Crippen LogP contribution in [0.3, 0.4) is 0 Å². The number of carbonyl (C=O) groups is 2. The standard InChI is InChI=1S/C30H33N3O5/c1-30(2,3)38-29(35)25(17-20-11-7-6-8-12-20)33-24-14-10-9-13-23(24)32-27(33)28(34)31-19-21-15-16-22(36-4)18-26(21)37-5/h6-16,18,25H,17,19H2,1-5H3,(H,31,34)/t25-/m0/s1. The van der Waals surface area contributed by atoms with Crippen LogP contribution in [-0.2, 0) is 22.5 Å². The maximum atomic E-state index is 13.6. The van der Waals surface area contributed by atoms with Crippen molar-refractivity contribution in [3.8, 4) is 11.5 Å². The lowest BCUT2D eigenvalue weighted by molar-refractivity contribution is -0.159. The number of hydrogen-bond donors (Lipinski definition) is 1. The molecule has 3 aromatic carbocycles. The molecular formula is C30H33N3O5. The summed E-state index contributed by atoms with van der Waals surface area (Å²) < 4.78 is 18.2. The first-order chi connectivity index (χ1) is 18.2. The number of ether oxygens (including phenoxy) is 3. The van der Waals surface area contributed by atoms with Crippen molar-refractivity contribution < 1.29 is 23.8 Å². The Balaban J connectivity index is 1.73. The highest BCUT2D eigenvalue weighted by atomic mass is 16.6. The molecule has 38 heavy (non-hydrogen) atoms. The van der Waals surface area contributed by atoms with E-state index in [1.165, 1.54) is 0 Å². The van der Waals surface area contributed by atoms with Crippen LogP contribution >= 0.6 is 0 Å². The van der Waals surface area contributed by atoms with Gasteiger partial charge in [0, 0.05) is 24.6 Å². The molecule has 8 nitrogen and oxygen atoms in total. The molecule has 1 heterocycles. The first-order valence-corrected chi connectivity index (χ1v) is 12.4. The average molecular weight is 516 g/mol. The van der Waals surface area contributed by atoms with Gasteiger partial charge in [0.15, 0.2) is 0 Å². The van der Waals surface area contributed by atoms with Crippen LogP contribution in [0.5, 0.6) is 11.5 Å². The van der Waals surface area contributed by atoms with Gasteiger partial charge in [0.25, 0.3) is 5.91 Å². The van der Waals surface area contributed by atoms with E-state index in [1.807, 2.05) is 81.4 Å². The van der Waals surface area contributed by atoms with E-state index in [0.29, 0.717) is 29.0 Å². The quantitative estimate of drug-likeness (QED) is 0.312. The van der Waals surface area contributed by atoms with Crippen molar-refractivity contribution in [2.45, 2.75) is 45.4 Å². The molecule has 0 aliphatic rings. The van der Waals surface area contributed by atoms with Gasteiger partial charge in [0.1, 0.15) is 23.1 Å². The predicted molar refractivity (Wildman–Crippen MR) is 145 cm³/mol. The molecule has 0 spiro atoms. The van der Waals surface area contributed by atoms with Crippen molar-refractivity contribution in [3.63, 3.8) is 0 Å². The minimum absolute atomic E-state index is 0.130. The highest BCUT2D eigenvalue weighted by molar-refractivity contribution is 5.96. The lowest BCUT2D eigenvalue weighted by Crippen LogP contribution is -2.34. The summed E-state index contributed by atoms with van der Waals surface area (Å²) in [7, 11) is 3.14. The number of nitrogens with zero attached hydrogens (tertiary/aromatic N) is 2. The number of amides is 1. The molecule has 4 rings (SSSR count). The van der Waals surface area contributed by atoms with Gasteiger partial charge < -0.3 is 24.1 Å². The molecule has 1 amide bonds. The Morgan fingerprint density at radius 1 is 0.947 bits per heavy atom. The molecule has 1 aromatic heterocycles. The number of nitrogens with one attached hydrogen (secondary N) is 1. The zero-order valence-electron chi connectivity index (χ0n) is 22.4. The SMILES string of the molecule is COc1ccc(CNC(=O)c2nc3ccccc3n2[C@@H](Cc2ccccc2)C(=O)OC(C)(C)C)c(OC)c1. The van der Waals surface area contributed by atoms with Crippen LogP contribution in [0, 0.1) is 0 Å². The normalized spacial score (nSPS) is 12.1. The Bertz CT molecular complexity index is 1420. The minimum atomic E-state index is -0.805. The van der Waals surface area contributed by atoms with E-state index in [0.717, 1.165) is 11.1 Å². The molecule has 198 valence electrons. The number of hydrogen-bond acceptors (Lipinski definition) is 6. The van der Waals surface area contributed by atoms with Gasteiger partial charge in [-0.3, -0.25) is 4.79 Å². The summed E-state index contributed by atoms with van der Waals surface area (Å²) in [6.07, 6.45) is 0.336. The van der Waals surface area contributed by atoms with Gasteiger partial charge in [-0.2, -0.15) is 0 Å². The Labute approximate surface area is 222 Å². The van der Waals surface area contributed by atoms with Crippen LogP contribution in [0.4, 0.5) is 0 Å². The largest absolute Gasteiger partial charge is 0.497 e. The number of benzene rings is 3. The molecule has 4 aromatic rings. The molecule has 0 fully saturated rings. The van der Waals surface area contributed by atoms with Crippen LogP contribution in [-0.4, -0.2) is 41.2 Å². The number of rotatable bonds is 9. The Morgan fingerprint density at radius 3 is 2.34 bits per heavy atom. The van der Waals surface area contributed by atoms with Crippen molar-refractivity contribution >= 4 is 22.9 Å². The van der Waals surface area contributed by atoms with E-state index in [1.54, 1.807) is 30.9 Å². The Kier molecular flexibility index (Phi) is 8.00. The number of carbonyl (C=O) groups excluding carboxylic acids is 2. The molecule has 0 bridgehead atoms. The molecule has 1 N–H and O–H groups in total. The van der Waals surface area contributed by atoms with Crippen molar-refractivity contribution in [1.29, 1.82) is 0 Å². The molecule has 0 saturated carbocycles. The number of fused-ring (bicyclic) bond motifs is 1. The van der Waals surface area contributed by atoms with Crippen molar-refractivity contribution in [2.75, 3.05) is 14.2 Å². The molecule has 8 heteroatoms. The smallest absolute Gasteiger partial charge is 0.330 e. The second-order valence-electron chi connectivity index (χ2n) is 9.89. The predicted octanol–water partition coefficient (Wildman–Crippen LogP) is 5.11. The summed E-state index contributed by atoms with van der Waals surface area (Å²) in [5.74, 6) is 0.523. The van der Waals surface area contributed by atoms with Gasteiger partial charge in [-0.1, -0.05) is 42.5 Å². The Hall–Kier alpha value is -4.33. The summed E-state index contributed by atoms with van der Waals surface area (Å²) in [5, 5.41) is 2.94. The molecule has 0 unspecified atom stereocenters. The van der Waals surface area contributed by atoms with Gasteiger partial charge in [0.2, 0.25) is 5.82 Å². The maximum absolute atomic E-state index is 13.6. The third-order valence-electron chi connectivity index (χ3n) is 5.99. The molecule has 0 aliphatic carbocycles. The van der Waals surface area contributed by atoms with Crippen LogP contribution in [0.1, 0.15) is 48.6 Å². The zero-order valence-corrected chi connectivity index (χ0v) is 22.4. The summed E-state index contributed by atoms with van der Waals surface area (Å²) in [5.41, 5.74) is 2.30. The molecule has 1 atom stereocenters. The molecule has 0 radical (unpaired) electrons. The average Bonchev–Trinajstić information content (AvgIpc) is 3.29. The second-order valence-corrected chi connectivity index (χ2v) is 9.89. The minimum Gasteiger partial charge on any atom is -0.497 e. The van der Waals surface area contributed by atoms with Crippen LogP contribution in [0.15, 0.2) is 72.8 Å². The maximum Gasteiger partial charge on any atom is 0.330 e. The lowest BCUT2D eigenvalue weighted by Gasteiger charge is -2.26. The van der Waals surface area contributed by atoms with Crippen LogP contribution < -0.4 is 14.8 Å². The first-order valence-electron chi connectivity index (χ1n) is 12.4. The first kappa shape index (κ1) is 26.7. The van der Waals surface area contributed by atoms with Gasteiger partial charge in [-0.25, -0.2) is 9.78 Å². The van der Waals surface area contributed by atoms with E-state index in [-0.39, 0.29) is 12.4 Å². The zero-order chi connectivity index (χ0) is 27.3. The van der Waals surface area contributed by atoms with E-state index in [9.17, 15) is 9.59 Å². The number of para-hydroxylation sites is 2. The summed E-state index contributed by atoms with van der Waals surface area (Å²) in [6.45, 7) is 5.68. The third kappa shape index (κ3) is 6.14. The topological polar surface area (TPSA) is 91.7 Å². The fourth-order valence-corrected chi connectivity index (χ4v) is 4.26. The number of aromatic nitrogens is 2. The van der Waals surface area contributed by atoms with Crippen LogP contribution in [0.25, 0.3) is 11.0 Å². The van der Waals surface area contributed by atoms with E-state index < -0.39 is 23.5 Å². The van der Waals surface area contributed by atoms with Gasteiger partial charge in [-0.05, 0) is 50.6 Å². The lowest BCUT2D eigenvalue weighted by atomic mass is 10.0. The molecule has 0 saturated heterocycles. The van der Waals surface area contributed by atoms with Crippen molar-refractivity contribution in [3.05, 3.63) is 89.7 Å². The highest BCUT2D eigenvalue weighted by Gasteiger charge is 2.32. The van der Waals surface area contributed by atoms with Gasteiger partial charge in [-0.15, -0.1) is 0 Å². The fourth-order valence-electron chi connectivity index (χ4n) is 4.26. The van der Waals surface area contributed by atoms with Gasteiger partial charge in [0.05, 0.1) is 25.3 Å². The molecular weight excluding hydrogens is 482 g/mol. The summed E-state index contributed by atoms with van der Waals surface area (Å²) in [4.78, 5) is 31.8. The number of imidazole rings is 1. The molecule has 0 aliphatic heterocycles. The Morgan fingerprint density at radius 2 is 1.66 bits per heavy atom. The van der Waals surface area contributed by atoms with E-state index in [2.05, 4.69) is 10.3 Å². The number of esters is 1. The summed E-state index contributed by atoms with van der Waals surface area (Å²) in [6, 6.07) is 21.6. The fraction of sp³-hybridized carbons (Fsp3) is 0.300. The summed E-state index contributed by atoms with van der Waals surface area (Å²) >= 11 is 0. The van der Waals surface area contributed by atoms with E-state index >= 15 is 0 Å². The monoisotopic (exact) mass is 515 g/mol. The van der Waals surface area contributed by atoms with Crippen molar-refractivity contribution in [1.82, 2.24) is 14.9 Å². The second kappa shape index (κ2) is 11.4. The number of methoxy groups -OCH3 is 2.